The Balaban J connectivity index is 1.31. The number of carbonyl (C=O) groups excluding carboxylic acids is 2. The van der Waals surface area contributed by atoms with Crippen LogP contribution in [-0.4, -0.2) is 56.1 Å². The lowest BCUT2D eigenvalue weighted by Crippen LogP contribution is -2.69. The predicted octanol–water partition coefficient (Wildman–Crippen LogP) is 5.62. The van der Waals surface area contributed by atoms with E-state index in [0.29, 0.717) is 10.8 Å². The molecule has 3 aromatic carbocycles. The quantitative estimate of drug-likeness (QED) is 0.0552. The summed E-state index contributed by atoms with van der Waals surface area (Å²) >= 11 is 5.31. The van der Waals surface area contributed by atoms with Crippen LogP contribution in [0, 0.1) is 0 Å². The smallest absolute Gasteiger partial charge is 0.276 e. The number of nitrogens with one attached hydrogen (secondary N) is 2. The van der Waals surface area contributed by atoms with E-state index < -0.39 is 17.5 Å². The molecule has 0 radical (unpaired) electrons. The Hall–Kier alpha value is -3.68. The van der Waals surface area contributed by atoms with Crippen molar-refractivity contribution in [1.82, 2.24) is 15.2 Å². The highest BCUT2D eigenvalue weighted by Crippen LogP contribution is 2.41. The van der Waals surface area contributed by atoms with Crippen molar-refractivity contribution in [2.24, 2.45) is 5.16 Å². The summed E-state index contributed by atoms with van der Waals surface area (Å²) in [5.41, 5.74) is 3.88. The number of nitrogens with zero attached hydrogens (tertiary/aromatic N) is 3. The maximum Gasteiger partial charge on any atom is 0.276 e. The minimum Gasteiger partial charge on any atom is -0.398 e. The van der Waals surface area contributed by atoms with Gasteiger partial charge in [-0.3, -0.25) is 9.59 Å². The number of thioether (sulfide) groups is 1. The standard InChI is InChI=1S/C32H28IN5O3S2/c1-41-37-26(28(39)35-27-29(40)38-18-21(17-33)19-42-30(27)38)25-20-43-31(34-25)36-32(22-11-5-2-6-12-22,23-13-7-3-8-14-23)24-15-9-4-10-16-24/h2-16,18,20,27,30H,17,19H2,1H3,(H,34,36)(H,35,39)/t27?,30-/m1/s1. The molecule has 2 amide bonds. The molecule has 0 bridgehead atoms. The van der Waals surface area contributed by atoms with Crippen LogP contribution in [-0.2, 0) is 20.0 Å². The van der Waals surface area contributed by atoms with Crippen molar-refractivity contribution in [2.75, 3.05) is 22.6 Å². The van der Waals surface area contributed by atoms with E-state index in [1.54, 1.807) is 22.0 Å². The van der Waals surface area contributed by atoms with Crippen LogP contribution in [0.5, 0.6) is 0 Å². The molecule has 1 saturated heterocycles. The zero-order valence-corrected chi connectivity index (χ0v) is 26.9. The summed E-state index contributed by atoms with van der Waals surface area (Å²) in [7, 11) is 1.38. The summed E-state index contributed by atoms with van der Waals surface area (Å²) in [5, 5.41) is 12.8. The molecule has 4 aromatic rings. The van der Waals surface area contributed by atoms with Gasteiger partial charge in [0.25, 0.3) is 11.8 Å². The largest absolute Gasteiger partial charge is 0.398 e. The topological polar surface area (TPSA) is 95.9 Å². The molecule has 218 valence electrons. The third kappa shape index (κ3) is 5.68. The van der Waals surface area contributed by atoms with E-state index in [1.807, 2.05) is 60.8 Å². The van der Waals surface area contributed by atoms with Crippen LogP contribution in [0.4, 0.5) is 5.13 Å². The summed E-state index contributed by atoms with van der Waals surface area (Å²) in [5.74, 6) is 0.181. The van der Waals surface area contributed by atoms with E-state index in [2.05, 4.69) is 74.8 Å². The Labute approximate surface area is 271 Å². The van der Waals surface area contributed by atoms with Gasteiger partial charge in [0, 0.05) is 21.8 Å². The van der Waals surface area contributed by atoms with Crippen LogP contribution in [0.2, 0.25) is 0 Å². The molecule has 2 atom stereocenters. The molecule has 2 N–H and O–H groups in total. The molecule has 11 heteroatoms. The van der Waals surface area contributed by atoms with Gasteiger partial charge in [-0.25, -0.2) is 4.98 Å². The van der Waals surface area contributed by atoms with E-state index >= 15 is 0 Å². The summed E-state index contributed by atoms with van der Waals surface area (Å²) < 4.78 is 0.864. The van der Waals surface area contributed by atoms with E-state index in [9.17, 15) is 9.59 Å². The van der Waals surface area contributed by atoms with Crippen molar-refractivity contribution in [3.05, 3.63) is 131 Å². The third-order valence-corrected chi connectivity index (χ3v) is 10.5. The van der Waals surface area contributed by atoms with Crippen LogP contribution in [0.3, 0.4) is 0 Å². The second-order valence-electron chi connectivity index (χ2n) is 9.95. The van der Waals surface area contributed by atoms with Crippen LogP contribution >= 0.6 is 45.7 Å². The Morgan fingerprint density at radius 1 is 1.02 bits per heavy atom. The van der Waals surface area contributed by atoms with Gasteiger partial charge in [0.1, 0.15) is 29.8 Å². The Bertz CT molecular complexity index is 1570. The molecule has 43 heavy (non-hydrogen) atoms. The molecule has 6 rings (SSSR count). The SMILES string of the molecule is CON=C(C(=O)NC1C(=O)N2C=C(CI)CS[C@H]12)c1csc(NC(c2ccccc2)(c2ccccc2)c2ccccc2)n1. The highest BCUT2D eigenvalue weighted by atomic mass is 127. The number of aromatic nitrogens is 1. The average molecular weight is 722 g/mol. The number of alkyl halides is 1. The fourth-order valence-corrected chi connectivity index (χ4v) is 8.17. The van der Waals surface area contributed by atoms with E-state index in [4.69, 9.17) is 9.82 Å². The fraction of sp³-hybridized carbons (Fsp3) is 0.188. The maximum atomic E-state index is 13.5. The maximum absolute atomic E-state index is 13.5. The van der Waals surface area contributed by atoms with Gasteiger partial charge in [0.15, 0.2) is 10.8 Å². The first kappa shape index (κ1) is 29.4. The minimum atomic E-state index is -0.774. The number of amides is 2. The number of hydrogen-bond acceptors (Lipinski definition) is 8. The van der Waals surface area contributed by atoms with Crippen LogP contribution in [0.15, 0.2) is 113 Å². The fourth-order valence-electron chi connectivity index (χ4n) is 5.32. The number of anilines is 1. The molecule has 3 heterocycles. The Morgan fingerprint density at radius 3 is 2.14 bits per heavy atom. The van der Waals surface area contributed by atoms with E-state index in [1.165, 1.54) is 24.0 Å². The van der Waals surface area contributed by atoms with Crippen molar-refractivity contribution in [2.45, 2.75) is 17.0 Å². The van der Waals surface area contributed by atoms with Gasteiger partial charge in [0.2, 0.25) is 0 Å². The molecule has 0 saturated carbocycles. The number of β-lactam (4-membered cyclic amide) rings is 1. The molecule has 8 nitrogen and oxygen atoms in total. The van der Waals surface area contributed by atoms with Crippen LogP contribution < -0.4 is 10.6 Å². The van der Waals surface area contributed by atoms with Crippen LogP contribution in [0.1, 0.15) is 22.4 Å². The summed E-state index contributed by atoms with van der Waals surface area (Å²) in [6.45, 7) is 0. The van der Waals surface area contributed by atoms with Crippen molar-refractivity contribution in [3.63, 3.8) is 0 Å². The number of fused-ring (bicyclic) bond motifs is 1. The lowest BCUT2D eigenvalue weighted by atomic mass is 9.77. The minimum absolute atomic E-state index is 0.00656. The number of hydrogen-bond donors (Lipinski definition) is 2. The second-order valence-corrected chi connectivity index (χ2v) is 12.7. The molecular formula is C32H28IN5O3S2. The van der Waals surface area contributed by atoms with Gasteiger partial charge in [0.05, 0.1) is 0 Å². The number of thiazole rings is 1. The summed E-state index contributed by atoms with van der Waals surface area (Å²) in [6.07, 6.45) is 1.90. The monoisotopic (exact) mass is 721 g/mol. The van der Waals surface area contributed by atoms with Gasteiger partial charge in [-0.1, -0.05) is 119 Å². The number of halogens is 1. The van der Waals surface area contributed by atoms with Gasteiger partial charge in [-0.15, -0.1) is 23.1 Å². The number of carbonyl (C=O) groups is 2. The van der Waals surface area contributed by atoms with Gasteiger partial charge < -0.3 is 20.4 Å². The average Bonchev–Trinajstić information content (AvgIpc) is 3.53. The Morgan fingerprint density at radius 2 is 1.60 bits per heavy atom. The Kier molecular flexibility index (Phi) is 8.82. The molecular weight excluding hydrogens is 693 g/mol. The highest BCUT2D eigenvalue weighted by molar-refractivity contribution is 14.1. The predicted molar refractivity (Wildman–Crippen MR) is 180 cm³/mol. The third-order valence-electron chi connectivity index (χ3n) is 7.36. The van der Waals surface area contributed by atoms with Crippen LogP contribution in [0.25, 0.3) is 0 Å². The molecule has 2 aliphatic heterocycles. The zero-order valence-electron chi connectivity index (χ0n) is 23.1. The zero-order chi connectivity index (χ0) is 29.8. The summed E-state index contributed by atoms with van der Waals surface area (Å²) in [4.78, 5) is 37.9. The van der Waals surface area contributed by atoms with Gasteiger partial charge >= 0.3 is 0 Å². The second kappa shape index (κ2) is 12.9. The van der Waals surface area contributed by atoms with Crippen molar-refractivity contribution in [3.8, 4) is 0 Å². The first-order valence-electron chi connectivity index (χ1n) is 13.6. The normalized spacial score (nSPS) is 18.3. The molecule has 1 unspecified atom stereocenters. The lowest BCUT2D eigenvalue weighted by molar-refractivity contribution is -0.143. The lowest BCUT2D eigenvalue weighted by Gasteiger charge is -2.47. The number of benzene rings is 3. The van der Waals surface area contributed by atoms with Gasteiger partial charge in [-0.05, 0) is 22.3 Å². The van der Waals surface area contributed by atoms with Crippen molar-refractivity contribution >= 4 is 68.3 Å². The van der Waals surface area contributed by atoms with Crippen molar-refractivity contribution in [1.29, 1.82) is 0 Å². The first-order valence-corrected chi connectivity index (χ1v) is 17.0. The molecule has 0 spiro atoms. The molecule has 2 aliphatic rings. The molecule has 1 aromatic heterocycles. The van der Waals surface area contributed by atoms with Crippen molar-refractivity contribution < 1.29 is 14.4 Å². The highest BCUT2D eigenvalue weighted by Gasteiger charge is 2.49. The van der Waals surface area contributed by atoms with E-state index in [0.717, 1.165) is 26.9 Å². The first-order chi connectivity index (χ1) is 21.0. The molecule has 0 aliphatic carbocycles. The van der Waals surface area contributed by atoms with E-state index in [-0.39, 0.29) is 17.0 Å². The molecule has 1 fully saturated rings. The number of rotatable bonds is 10. The number of oxime groups is 1. The summed E-state index contributed by atoms with van der Waals surface area (Å²) in [6, 6.07) is 30.0. The van der Waals surface area contributed by atoms with Gasteiger partial charge in [-0.2, -0.15) is 0 Å².